The summed E-state index contributed by atoms with van der Waals surface area (Å²) >= 11 is 7.75. The van der Waals surface area contributed by atoms with Gasteiger partial charge in [0.05, 0.1) is 16.9 Å². The van der Waals surface area contributed by atoms with Crippen molar-refractivity contribution in [3.63, 3.8) is 0 Å². The van der Waals surface area contributed by atoms with Gasteiger partial charge in [-0.2, -0.15) is 5.01 Å². The zero-order chi connectivity index (χ0) is 24.8. The minimum Gasteiger partial charge on any atom is -0.493 e. The van der Waals surface area contributed by atoms with E-state index < -0.39 is 5.91 Å². The Morgan fingerprint density at radius 3 is 2.69 bits per heavy atom. The van der Waals surface area contributed by atoms with Gasteiger partial charge < -0.3 is 9.47 Å². The molecule has 9 heteroatoms. The number of thioether (sulfide) groups is 1. The number of rotatable bonds is 9. The molecule has 35 heavy (non-hydrogen) atoms. The lowest BCUT2D eigenvalue weighted by Gasteiger charge is -2.16. The molecule has 4 rings (SSSR count). The summed E-state index contributed by atoms with van der Waals surface area (Å²) in [6.07, 6.45) is 4.07. The summed E-state index contributed by atoms with van der Waals surface area (Å²) in [5.74, 6) is 0.406. The predicted octanol–water partition coefficient (Wildman–Crippen LogP) is 5.61. The van der Waals surface area contributed by atoms with Crippen molar-refractivity contribution in [2.24, 2.45) is 0 Å². The molecule has 1 saturated heterocycles. The number of amides is 2. The molecule has 3 aromatic rings. The second-order valence-corrected chi connectivity index (χ2v) is 10.0. The second kappa shape index (κ2) is 11.4. The van der Waals surface area contributed by atoms with Crippen LogP contribution in [0.3, 0.4) is 0 Å². The van der Waals surface area contributed by atoms with Gasteiger partial charge in [-0.1, -0.05) is 54.2 Å². The first-order chi connectivity index (χ1) is 17.0. The second-order valence-electron chi connectivity index (χ2n) is 7.41. The van der Waals surface area contributed by atoms with Crippen LogP contribution in [0.5, 0.6) is 11.5 Å². The van der Waals surface area contributed by atoms with Crippen molar-refractivity contribution in [1.82, 2.24) is 10.4 Å². The van der Waals surface area contributed by atoms with Gasteiger partial charge in [-0.05, 0) is 59.4 Å². The maximum absolute atomic E-state index is 13.0. The lowest BCUT2D eigenvalue weighted by atomic mass is 10.0. The van der Waals surface area contributed by atoms with Crippen LogP contribution in [0, 0.1) is 0 Å². The van der Waals surface area contributed by atoms with E-state index in [1.165, 1.54) is 11.3 Å². The average Bonchev–Trinajstić information content (AvgIpc) is 3.49. The number of allylic oxidation sites excluding steroid dienone is 1. The van der Waals surface area contributed by atoms with Crippen LogP contribution in [0.25, 0.3) is 6.08 Å². The fourth-order valence-electron chi connectivity index (χ4n) is 3.40. The standard InChI is InChI=1S/C26H22N2O4S3/c1-3-8-19-13-18(14-20(31-2)23(19)32-16-17-9-5-4-6-10-17)15-22-25(30)28(26(33)35-22)27-24(29)21-11-7-12-34-21/h3-7,9-15H,1,8,16H2,2H3,(H,27,29)/b22-15-. The number of hydrogen-bond acceptors (Lipinski definition) is 7. The zero-order valence-electron chi connectivity index (χ0n) is 18.9. The molecule has 6 nitrogen and oxygen atoms in total. The normalized spacial score (nSPS) is 14.3. The van der Waals surface area contributed by atoms with Crippen LogP contribution in [-0.2, 0) is 17.8 Å². The van der Waals surface area contributed by atoms with Gasteiger partial charge in [0, 0.05) is 5.56 Å². The van der Waals surface area contributed by atoms with E-state index in [2.05, 4.69) is 12.0 Å². The number of hydrogen-bond donors (Lipinski definition) is 1. The van der Waals surface area contributed by atoms with E-state index in [0.717, 1.165) is 33.5 Å². The highest BCUT2D eigenvalue weighted by atomic mass is 32.2. The highest BCUT2D eigenvalue weighted by Crippen LogP contribution is 2.37. The summed E-state index contributed by atoms with van der Waals surface area (Å²) in [7, 11) is 1.58. The number of carbonyl (C=O) groups is 2. The monoisotopic (exact) mass is 522 g/mol. The van der Waals surface area contributed by atoms with Gasteiger partial charge in [0.15, 0.2) is 15.8 Å². The van der Waals surface area contributed by atoms with Crippen LogP contribution in [0.15, 0.2) is 77.5 Å². The van der Waals surface area contributed by atoms with E-state index in [9.17, 15) is 9.59 Å². The maximum Gasteiger partial charge on any atom is 0.285 e. The largest absolute Gasteiger partial charge is 0.493 e. The number of ether oxygens (including phenoxy) is 2. The minimum atomic E-state index is -0.390. The molecule has 0 bridgehead atoms. The van der Waals surface area contributed by atoms with Crippen LogP contribution < -0.4 is 14.9 Å². The van der Waals surface area contributed by atoms with Crippen molar-refractivity contribution < 1.29 is 19.1 Å². The quantitative estimate of drug-likeness (QED) is 0.224. The van der Waals surface area contributed by atoms with Gasteiger partial charge in [0.1, 0.15) is 6.61 Å². The summed E-state index contributed by atoms with van der Waals surface area (Å²) in [6.45, 7) is 4.24. The molecular formula is C26H22N2O4S3. The first-order valence-electron chi connectivity index (χ1n) is 10.6. The number of benzene rings is 2. The summed E-state index contributed by atoms with van der Waals surface area (Å²) in [5, 5.41) is 2.90. The van der Waals surface area contributed by atoms with Crippen LogP contribution in [0.1, 0.15) is 26.4 Å². The van der Waals surface area contributed by atoms with Gasteiger partial charge in [-0.15, -0.1) is 17.9 Å². The molecule has 0 radical (unpaired) electrons. The molecule has 2 aromatic carbocycles. The highest BCUT2D eigenvalue weighted by Gasteiger charge is 2.34. The molecule has 1 aliphatic heterocycles. The van der Waals surface area contributed by atoms with Crippen LogP contribution in [-0.4, -0.2) is 28.3 Å². The summed E-state index contributed by atoms with van der Waals surface area (Å²) in [5.41, 5.74) is 5.25. The van der Waals surface area contributed by atoms with Gasteiger partial charge in [0.2, 0.25) is 0 Å². The van der Waals surface area contributed by atoms with E-state index in [0.29, 0.717) is 34.3 Å². The third-order valence-electron chi connectivity index (χ3n) is 5.01. The molecule has 1 fully saturated rings. The SMILES string of the molecule is C=CCc1cc(/C=C2\SC(=S)N(NC(=O)c3cccs3)C2=O)cc(OC)c1OCc1ccccc1. The number of carbonyl (C=O) groups excluding carboxylic acids is 2. The Bertz CT molecular complexity index is 1290. The van der Waals surface area contributed by atoms with Gasteiger partial charge in [-0.3, -0.25) is 15.0 Å². The van der Waals surface area contributed by atoms with Crippen molar-refractivity contribution in [1.29, 1.82) is 0 Å². The molecule has 1 aliphatic rings. The topological polar surface area (TPSA) is 67.9 Å². The van der Waals surface area contributed by atoms with Gasteiger partial charge in [-0.25, -0.2) is 0 Å². The molecule has 0 aliphatic carbocycles. The molecule has 0 saturated carbocycles. The third kappa shape index (κ3) is 5.82. The Kier molecular flexibility index (Phi) is 8.02. The fourth-order valence-corrected chi connectivity index (χ4v) is 5.19. The molecule has 178 valence electrons. The summed E-state index contributed by atoms with van der Waals surface area (Å²) < 4.78 is 12.0. The Morgan fingerprint density at radius 2 is 2.00 bits per heavy atom. The van der Waals surface area contributed by atoms with Crippen molar-refractivity contribution in [2.45, 2.75) is 13.0 Å². The number of methoxy groups -OCH3 is 1. The van der Waals surface area contributed by atoms with Crippen LogP contribution in [0.4, 0.5) is 0 Å². The van der Waals surface area contributed by atoms with E-state index >= 15 is 0 Å². The van der Waals surface area contributed by atoms with Gasteiger partial charge >= 0.3 is 0 Å². The molecule has 0 unspecified atom stereocenters. The highest BCUT2D eigenvalue weighted by molar-refractivity contribution is 8.26. The lowest BCUT2D eigenvalue weighted by molar-refractivity contribution is -0.123. The Hall–Kier alpha value is -3.40. The van der Waals surface area contributed by atoms with Crippen LogP contribution >= 0.6 is 35.3 Å². The molecular weight excluding hydrogens is 500 g/mol. The fraction of sp³-hybridized carbons (Fsp3) is 0.115. The van der Waals surface area contributed by atoms with Crippen molar-refractivity contribution >= 4 is 57.5 Å². The van der Waals surface area contributed by atoms with E-state index in [1.54, 1.807) is 36.8 Å². The van der Waals surface area contributed by atoms with Crippen molar-refractivity contribution in [3.8, 4) is 11.5 Å². The number of thiocarbonyl (C=S) groups is 1. The Balaban J connectivity index is 1.58. The molecule has 1 aromatic heterocycles. The minimum absolute atomic E-state index is 0.257. The average molecular weight is 523 g/mol. The number of thiophene rings is 1. The number of nitrogens with zero attached hydrogens (tertiary/aromatic N) is 1. The summed E-state index contributed by atoms with van der Waals surface area (Å²) in [4.78, 5) is 26.3. The molecule has 2 amide bonds. The molecule has 2 heterocycles. The lowest BCUT2D eigenvalue weighted by Crippen LogP contribution is -2.44. The van der Waals surface area contributed by atoms with E-state index in [-0.39, 0.29) is 10.2 Å². The predicted molar refractivity (Wildman–Crippen MR) is 144 cm³/mol. The Labute approximate surface area is 217 Å². The summed E-state index contributed by atoms with van der Waals surface area (Å²) in [6, 6.07) is 17.1. The third-order valence-corrected chi connectivity index (χ3v) is 7.18. The van der Waals surface area contributed by atoms with Crippen molar-refractivity contribution in [2.75, 3.05) is 7.11 Å². The zero-order valence-corrected chi connectivity index (χ0v) is 21.3. The van der Waals surface area contributed by atoms with E-state index in [1.807, 2.05) is 42.5 Å². The first-order valence-corrected chi connectivity index (χ1v) is 12.7. The molecule has 1 N–H and O–H groups in total. The molecule has 0 spiro atoms. The van der Waals surface area contributed by atoms with E-state index in [4.69, 9.17) is 21.7 Å². The number of nitrogens with one attached hydrogen (secondary N) is 1. The first kappa shape index (κ1) is 24.7. The number of hydrazine groups is 1. The molecule has 0 atom stereocenters. The van der Waals surface area contributed by atoms with Crippen molar-refractivity contribution in [3.05, 3.63) is 99.1 Å². The van der Waals surface area contributed by atoms with Gasteiger partial charge in [0.25, 0.3) is 11.8 Å². The maximum atomic E-state index is 13.0. The van der Waals surface area contributed by atoms with Crippen LogP contribution in [0.2, 0.25) is 0 Å². The smallest absolute Gasteiger partial charge is 0.285 e. The Morgan fingerprint density at radius 1 is 1.20 bits per heavy atom.